The lowest BCUT2D eigenvalue weighted by molar-refractivity contribution is 0.794. The van der Waals surface area contributed by atoms with Gasteiger partial charge in [0.25, 0.3) is 0 Å². The second-order valence-electron chi connectivity index (χ2n) is 14.8. The van der Waals surface area contributed by atoms with E-state index in [1.165, 1.54) is 104 Å². The van der Waals surface area contributed by atoms with Crippen molar-refractivity contribution in [3.8, 4) is 44.5 Å². The zero-order valence-corrected chi connectivity index (χ0v) is 30.2. The van der Waals surface area contributed by atoms with Crippen LogP contribution in [-0.4, -0.2) is 0 Å². The summed E-state index contributed by atoms with van der Waals surface area (Å²) in [7, 11) is 0. The van der Waals surface area contributed by atoms with E-state index in [2.05, 4.69) is 193 Å². The molecule has 1 spiro atoms. The molecule has 9 aromatic rings. The molecular formula is C52H33NS. The Morgan fingerprint density at radius 2 is 0.944 bits per heavy atom. The molecule has 252 valence electrons. The number of hydrogen-bond donors (Lipinski definition) is 1. The maximum atomic E-state index is 3.80. The highest BCUT2D eigenvalue weighted by Crippen LogP contribution is 2.63. The highest BCUT2D eigenvalue weighted by Gasteiger charge is 2.51. The Bertz CT molecular complexity index is 2950. The molecule has 1 atom stereocenters. The van der Waals surface area contributed by atoms with Crippen LogP contribution in [0.25, 0.3) is 66.1 Å². The van der Waals surface area contributed by atoms with E-state index in [0.29, 0.717) is 0 Å². The molecule has 1 heterocycles. The van der Waals surface area contributed by atoms with E-state index < -0.39 is 0 Å². The second kappa shape index (κ2) is 11.3. The molecule has 0 bridgehead atoms. The van der Waals surface area contributed by atoms with Crippen molar-refractivity contribution in [1.29, 1.82) is 0 Å². The quantitative estimate of drug-likeness (QED) is 0.184. The SMILES string of the molecule is c1ccc(C2Nc3ccc4ccc5ccc(-c6cccc(-c7ccc8c(c7)C7(c9ccccc9-c9ccccc97)c7ccccc7-8)c6)cc5c4c3S2)cc1. The van der Waals surface area contributed by atoms with Gasteiger partial charge in [0, 0.05) is 16.0 Å². The minimum atomic E-state index is -0.348. The molecule has 0 radical (unpaired) electrons. The van der Waals surface area contributed by atoms with E-state index in [1.54, 1.807) is 0 Å². The second-order valence-corrected chi connectivity index (χ2v) is 15.9. The summed E-state index contributed by atoms with van der Waals surface area (Å²) in [5.74, 6) is 0. The first-order valence-corrected chi connectivity index (χ1v) is 19.7. The number of nitrogens with one attached hydrogen (secondary N) is 1. The zero-order valence-electron chi connectivity index (χ0n) is 29.4. The smallest absolute Gasteiger partial charge is 0.103 e. The Labute approximate surface area is 319 Å². The molecule has 1 nitrogen and oxygen atoms in total. The maximum Gasteiger partial charge on any atom is 0.103 e. The highest BCUT2D eigenvalue weighted by molar-refractivity contribution is 8.00. The van der Waals surface area contributed by atoms with Gasteiger partial charge in [0.05, 0.1) is 5.41 Å². The van der Waals surface area contributed by atoms with Gasteiger partial charge in [-0.15, -0.1) is 0 Å². The standard InChI is InChI=1S/C52H33NS/c1-2-11-34(12-3-1)51-53-48-28-26-33-23-21-32-22-24-37(30-43(32)49(33)50(48)54-51)35-13-10-14-36(29-35)38-25-27-42-41-17-6-9-20-46(41)52(47(42)31-38)44-18-7-4-15-39(44)40-16-5-8-19-45(40)52/h1-31,51,53H. The van der Waals surface area contributed by atoms with Crippen LogP contribution in [0.1, 0.15) is 33.2 Å². The van der Waals surface area contributed by atoms with Crippen molar-refractivity contribution in [2.45, 2.75) is 15.7 Å². The van der Waals surface area contributed by atoms with E-state index in [4.69, 9.17) is 0 Å². The first-order valence-electron chi connectivity index (χ1n) is 18.8. The topological polar surface area (TPSA) is 12.0 Å². The predicted octanol–water partition coefficient (Wildman–Crippen LogP) is 13.9. The third kappa shape index (κ3) is 4.12. The van der Waals surface area contributed by atoms with Gasteiger partial charge in [-0.1, -0.05) is 176 Å². The average Bonchev–Trinajstić information content (AvgIpc) is 3.91. The molecule has 12 rings (SSSR count). The summed E-state index contributed by atoms with van der Waals surface area (Å²) < 4.78 is 0. The van der Waals surface area contributed by atoms with Crippen LogP contribution in [0.2, 0.25) is 0 Å². The van der Waals surface area contributed by atoms with Gasteiger partial charge in [-0.25, -0.2) is 0 Å². The van der Waals surface area contributed by atoms with Crippen LogP contribution in [0.15, 0.2) is 193 Å². The third-order valence-corrected chi connectivity index (χ3v) is 13.4. The molecule has 1 unspecified atom stereocenters. The molecule has 0 aromatic heterocycles. The molecule has 2 heteroatoms. The minimum absolute atomic E-state index is 0.201. The summed E-state index contributed by atoms with van der Waals surface area (Å²) in [6, 6.07) is 70.2. The molecule has 1 N–H and O–H groups in total. The van der Waals surface area contributed by atoms with Crippen LogP contribution in [-0.2, 0) is 5.41 Å². The lowest BCUT2D eigenvalue weighted by Crippen LogP contribution is -2.25. The summed E-state index contributed by atoms with van der Waals surface area (Å²) >= 11 is 1.93. The fraction of sp³-hybridized carbons (Fsp3) is 0.0385. The van der Waals surface area contributed by atoms with E-state index in [0.717, 1.165) is 0 Å². The minimum Gasteiger partial charge on any atom is -0.368 e. The summed E-state index contributed by atoms with van der Waals surface area (Å²) in [5, 5.41) is 9.17. The molecule has 1 aliphatic heterocycles. The van der Waals surface area contributed by atoms with Gasteiger partial charge in [0.15, 0.2) is 0 Å². The first kappa shape index (κ1) is 30.1. The van der Waals surface area contributed by atoms with Gasteiger partial charge in [-0.2, -0.15) is 0 Å². The van der Waals surface area contributed by atoms with E-state index in [1.807, 2.05) is 11.8 Å². The van der Waals surface area contributed by atoms with Crippen molar-refractivity contribution in [3.05, 3.63) is 216 Å². The largest absolute Gasteiger partial charge is 0.368 e. The Balaban J connectivity index is 0.995. The molecule has 0 saturated heterocycles. The number of anilines is 1. The monoisotopic (exact) mass is 703 g/mol. The van der Waals surface area contributed by atoms with Crippen molar-refractivity contribution >= 4 is 39.0 Å². The van der Waals surface area contributed by atoms with Crippen molar-refractivity contribution in [2.24, 2.45) is 0 Å². The number of thioether (sulfide) groups is 1. The third-order valence-electron chi connectivity index (χ3n) is 12.1. The van der Waals surface area contributed by atoms with Gasteiger partial charge in [-0.3, -0.25) is 0 Å². The van der Waals surface area contributed by atoms with Gasteiger partial charge < -0.3 is 5.32 Å². The summed E-state index contributed by atoms with van der Waals surface area (Å²) in [5.41, 5.74) is 17.9. The van der Waals surface area contributed by atoms with Crippen LogP contribution >= 0.6 is 11.8 Å². The Morgan fingerprint density at radius 1 is 0.407 bits per heavy atom. The molecule has 0 saturated carbocycles. The number of benzene rings is 9. The van der Waals surface area contributed by atoms with Crippen LogP contribution < -0.4 is 5.32 Å². The first-order chi connectivity index (χ1) is 26.8. The number of fused-ring (bicyclic) bond motifs is 15. The lowest BCUT2D eigenvalue weighted by Gasteiger charge is -2.30. The molecule has 3 aliphatic rings. The lowest BCUT2D eigenvalue weighted by atomic mass is 9.70. The van der Waals surface area contributed by atoms with Crippen molar-refractivity contribution in [3.63, 3.8) is 0 Å². The van der Waals surface area contributed by atoms with Crippen molar-refractivity contribution in [1.82, 2.24) is 0 Å². The Morgan fingerprint density at radius 3 is 1.65 bits per heavy atom. The fourth-order valence-electron chi connectivity index (χ4n) is 9.75. The van der Waals surface area contributed by atoms with Crippen molar-refractivity contribution < 1.29 is 0 Å². The van der Waals surface area contributed by atoms with Gasteiger partial charge >= 0.3 is 0 Å². The normalized spacial score (nSPS) is 15.4. The molecule has 0 amide bonds. The summed E-state index contributed by atoms with van der Waals surface area (Å²) in [4.78, 5) is 1.33. The molecule has 2 aliphatic carbocycles. The van der Waals surface area contributed by atoms with Crippen LogP contribution in [0.5, 0.6) is 0 Å². The van der Waals surface area contributed by atoms with E-state index in [9.17, 15) is 0 Å². The van der Waals surface area contributed by atoms with Gasteiger partial charge in [0.1, 0.15) is 5.37 Å². The summed E-state index contributed by atoms with van der Waals surface area (Å²) in [6.07, 6.45) is 0. The molecular weight excluding hydrogens is 671 g/mol. The number of hydrogen-bond acceptors (Lipinski definition) is 2. The zero-order chi connectivity index (χ0) is 35.4. The summed E-state index contributed by atoms with van der Waals surface area (Å²) in [6.45, 7) is 0. The van der Waals surface area contributed by atoms with Crippen LogP contribution in [0, 0.1) is 0 Å². The highest BCUT2D eigenvalue weighted by atomic mass is 32.2. The van der Waals surface area contributed by atoms with Gasteiger partial charge in [0.2, 0.25) is 0 Å². The van der Waals surface area contributed by atoms with E-state index >= 15 is 0 Å². The maximum absolute atomic E-state index is 3.80. The molecule has 54 heavy (non-hydrogen) atoms. The van der Waals surface area contributed by atoms with Gasteiger partial charge in [-0.05, 0) is 113 Å². The van der Waals surface area contributed by atoms with Crippen molar-refractivity contribution in [2.75, 3.05) is 5.32 Å². The van der Waals surface area contributed by atoms with Crippen LogP contribution in [0.4, 0.5) is 5.69 Å². The van der Waals surface area contributed by atoms with E-state index in [-0.39, 0.29) is 10.8 Å². The molecule has 9 aromatic carbocycles. The molecule has 0 fully saturated rings. The van der Waals surface area contributed by atoms with Crippen LogP contribution in [0.3, 0.4) is 0 Å². The average molecular weight is 704 g/mol. The Kier molecular flexibility index (Phi) is 6.32. The predicted molar refractivity (Wildman–Crippen MR) is 227 cm³/mol. The Hall–Kier alpha value is -6.35. The fourth-order valence-corrected chi connectivity index (χ4v) is 11.1. The number of rotatable bonds is 3.